The van der Waals surface area contributed by atoms with Gasteiger partial charge in [-0.15, -0.1) is 0 Å². The second-order valence-corrected chi connectivity index (χ2v) is 6.54. The molecule has 0 spiro atoms. The van der Waals surface area contributed by atoms with Crippen LogP contribution in [0.25, 0.3) is 0 Å². The number of ether oxygens (including phenoxy) is 1. The number of hydrogen-bond acceptors (Lipinski definition) is 5. The first kappa shape index (κ1) is 17.9. The van der Waals surface area contributed by atoms with E-state index in [0.717, 1.165) is 17.0 Å². The Kier molecular flexibility index (Phi) is 5.51. The molecule has 2 rings (SSSR count). The van der Waals surface area contributed by atoms with Gasteiger partial charge in [-0.05, 0) is 63.6 Å². The Morgan fingerprint density at radius 3 is 2.50 bits per heavy atom. The van der Waals surface area contributed by atoms with E-state index in [1.54, 1.807) is 12.1 Å². The van der Waals surface area contributed by atoms with Crippen LogP contribution in [0.15, 0.2) is 34.7 Å². The molecule has 3 N–H and O–H groups in total. The summed E-state index contributed by atoms with van der Waals surface area (Å²) in [6, 6.07) is 9.13. The van der Waals surface area contributed by atoms with Crippen molar-refractivity contribution in [2.24, 2.45) is 0 Å². The molecular formula is C18H24N2O4. The van der Waals surface area contributed by atoms with Crippen molar-refractivity contribution in [3.63, 3.8) is 0 Å². The number of aliphatic hydroxyl groups excluding tert-OH is 1. The SMILES string of the molecule is Cc1cc(NC(=O)OC(C)(C)C)ccc1NCc1ccc(CO)o1. The number of anilines is 2. The molecule has 0 atom stereocenters. The normalized spacial score (nSPS) is 11.2. The molecule has 0 saturated heterocycles. The Labute approximate surface area is 141 Å². The molecule has 130 valence electrons. The molecule has 0 saturated carbocycles. The van der Waals surface area contributed by atoms with E-state index in [4.69, 9.17) is 14.3 Å². The maximum absolute atomic E-state index is 11.8. The fourth-order valence-corrected chi connectivity index (χ4v) is 2.15. The van der Waals surface area contributed by atoms with Crippen molar-refractivity contribution < 1.29 is 19.1 Å². The minimum atomic E-state index is -0.531. The summed E-state index contributed by atoms with van der Waals surface area (Å²) in [5, 5.41) is 15.0. The van der Waals surface area contributed by atoms with Gasteiger partial charge in [0.05, 0.1) is 6.54 Å². The molecule has 1 amide bonds. The van der Waals surface area contributed by atoms with Gasteiger partial charge in [-0.25, -0.2) is 4.79 Å². The minimum absolute atomic E-state index is 0.107. The van der Waals surface area contributed by atoms with E-state index in [1.807, 2.05) is 45.9 Å². The molecule has 2 aromatic rings. The molecular weight excluding hydrogens is 308 g/mol. The molecule has 0 fully saturated rings. The van der Waals surface area contributed by atoms with Gasteiger partial charge in [0.2, 0.25) is 0 Å². The highest BCUT2D eigenvalue weighted by molar-refractivity contribution is 5.85. The summed E-state index contributed by atoms with van der Waals surface area (Å²) < 4.78 is 10.7. The average Bonchev–Trinajstić information content (AvgIpc) is 2.92. The molecule has 6 nitrogen and oxygen atoms in total. The van der Waals surface area contributed by atoms with Crippen molar-refractivity contribution in [3.8, 4) is 0 Å². The number of hydrogen-bond donors (Lipinski definition) is 3. The lowest BCUT2D eigenvalue weighted by Crippen LogP contribution is -2.27. The number of benzene rings is 1. The lowest BCUT2D eigenvalue weighted by Gasteiger charge is -2.20. The summed E-state index contributed by atoms with van der Waals surface area (Å²) in [6.45, 7) is 7.82. The number of furan rings is 1. The van der Waals surface area contributed by atoms with Crippen molar-refractivity contribution in [2.45, 2.75) is 46.4 Å². The van der Waals surface area contributed by atoms with Crippen molar-refractivity contribution in [1.29, 1.82) is 0 Å². The first-order valence-corrected chi connectivity index (χ1v) is 7.80. The largest absolute Gasteiger partial charge is 0.462 e. The highest BCUT2D eigenvalue weighted by Gasteiger charge is 2.16. The number of amides is 1. The summed E-state index contributed by atoms with van der Waals surface area (Å²) >= 11 is 0. The van der Waals surface area contributed by atoms with Gasteiger partial charge in [-0.2, -0.15) is 0 Å². The molecule has 0 bridgehead atoms. The van der Waals surface area contributed by atoms with Gasteiger partial charge in [0, 0.05) is 11.4 Å². The summed E-state index contributed by atoms with van der Waals surface area (Å²) in [4.78, 5) is 11.8. The number of aliphatic hydroxyl groups is 1. The smallest absolute Gasteiger partial charge is 0.412 e. The number of nitrogens with one attached hydrogen (secondary N) is 2. The molecule has 1 aromatic heterocycles. The summed E-state index contributed by atoms with van der Waals surface area (Å²) in [7, 11) is 0. The third-order valence-electron chi connectivity index (χ3n) is 3.20. The van der Waals surface area contributed by atoms with Crippen LogP contribution in [0, 0.1) is 6.92 Å². The molecule has 0 unspecified atom stereocenters. The van der Waals surface area contributed by atoms with Gasteiger partial charge in [-0.1, -0.05) is 0 Å². The number of rotatable bonds is 5. The predicted octanol–water partition coefficient (Wildman–Crippen LogP) is 4.04. The average molecular weight is 332 g/mol. The van der Waals surface area contributed by atoms with E-state index >= 15 is 0 Å². The Morgan fingerprint density at radius 1 is 1.21 bits per heavy atom. The van der Waals surface area contributed by atoms with Crippen LogP contribution in [0.1, 0.15) is 37.9 Å². The van der Waals surface area contributed by atoms with Crippen LogP contribution in [-0.4, -0.2) is 16.8 Å². The van der Waals surface area contributed by atoms with Crippen LogP contribution in [-0.2, 0) is 17.9 Å². The van der Waals surface area contributed by atoms with Crippen LogP contribution in [0.5, 0.6) is 0 Å². The fourth-order valence-electron chi connectivity index (χ4n) is 2.15. The molecule has 24 heavy (non-hydrogen) atoms. The van der Waals surface area contributed by atoms with Crippen LogP contribution in [0.2, 0.25) is 0 Å². The van der Waals surface area contributed by atoms with E-state index in [9.17, 15) is 4.79 Å². The van der Waals surface area contributed by atoms with Crippen LogP contribution in [0.4, 0.5) is 16.2 Å². The second-order valence-electron chi connectivity index (χ2n) is 6.54. The molecule has 0 aliphatic rings. The second kappa shape index (κ2) is 7.40. The number of carbonyl (C=O) groups is 1. The summed E-state index contributed by atoms with van der Waals surface area (Å²) in [5.41, 5.74) is 2.06. The fraction of sp³-hybridized carbons (Fsp3) is 0.389. The number of aryl methyl sites for hydroxylation is 1. The maximum Gasteiger partial charge on any atom is 0.412 e. The summed E-state index contributed by atoms with van der Waals surface area (Å²) in [5.74, 6) is 1.29. The van der Waals surface area contributed by atoms with E-state index in [0.29, 0.717) is 18.0 Å². The van der Waals surface area contributed by atoms with Gasteiger partial charge >= 0.3 is 6.09 Å². The van der Waals surface area contributed by atoms with Crippen molar-refractivity contribution >= 4 is 17.5 Å². The topological polar surface area (TPSA) is 83.7 Å². The third-order valence-corrected chi connectivity index (χ3v) is 3.20. The van der Waals surface area contributed by atoms with E-state index in [1.165, 1.54) is 0 Å². The van der Waals surface area contributed by atoms with Gasteiger partial charge in [0.1, 0.15) is 23.7 Å². The molecule has 1 aromatic carbocycles. The lowest BCUT2D eigenvalue weighted by atomic mass is 10.1. The predicted molar refractivity (Wildman–Crippen MR) is 93.0 cm³/mol. The molecule has 0 aliphatic heterocycles. The van der Waals surface area contributed by atoms with Gasteiger partial charge in [-0.3, -0.25) is 5.32 Å². The van der Waals surface area contributed by atoms with Gasteiger partial charge in [0.25, 0.3) is 0 Å². The monoisotopic (exact) mass is 332 g/mol. The molecule has 0 aliphatic carbocycles. The Morgan fingerprint density at radius 2 is 1.92 bits per heavy atom. The quantitative estimate of drug-likeness (QED) is 0.769. The third kappa shape index (κ3) is 5.31. The number of carbonyl (C=O) groups excluding carboxylic acids is 1. The van der Waals surface area contributed by atoms with Crippen LogP contribution < -0.4 is 10.6 Å². The van der Waals surface area contributed by atoms with Crippen LogP contribution >= 0.6 is 0 Å². The van der Waals surface area contributed by atoms with Gasteiger partial charge < -0.3 is 19.6 Å². The van der Waals surface area contributed by atoms with Crippen molar-refractivity contribution in [3.05, 3.63) is 47.4 Å². The minimum Gasteiger partial charge on any atom is -0.462 e. The molecule has 6 heteroatoms. The first-order chi connectivity index (χ1) is 11.3. The van der Waals surface area contributed by atoms with E-state index in [2.05, 4.69) is 10.6 Å². The maximum atomic E-state index is 11.8. The summed E-state index contributed by atoms with van der Waals surface area (Å²) in [6.07, 6.45) is -0.477. The zero-order valence-corrected chi connectivity index (χ0v) is 14.5. The Balaban J connectivity index is 1.95. The van der Waals surface area contributed by atoms with Crippen molar-refractivity contribution in [1.82, 2.24) is 0 Å². The Hall–Kier alpha value is -2.47. The van der Waals surface area contributed by atoms with Crippen molar-refractivity contribution in [2.75, 3.05) is 10.6 Å². The highest BCUT2D eigenvalue weighted by Crippen LogP contribution is 2.21. The highest BCUT2D eigenvalue weighted by atomic mass is 16.6. The Bertz CT molecular complexity index is 701. The standard InChI is InChI=1S/C18H24N2O4/c1-12-9-13(20-17(22)24-18(2,3)4)5-8-16(12)19-10-14-6-7-15(11-21)23-14/h5-9,19,21H,10-11H2,1-4H3,(H,20,22). The van der Waals surface area contributed by atoms with Gasteiger partial charge in [0.15, 0.2) is 0 Å². The molecule has 1 heterocycles. The van der Waals surface area contributed by atoms with Crippen LogP contribution in [0.3, 0.4) is 0 Å². The van der Waals surface area contributed by atoms with E-state index in [-0.39, 0.29) is 6.61 Å². The zero-order valence-electron chi connectivity index (χ0n) is 14.5. The molecule has 0 radical (unpaired) electrons. The van der Waals surface area contributed by atoms with E-state index < -0.39 is 11.7 Å². The zero-order chi connectivity index (χ0) is 17.7. The first-order valence-electron chi connectivity index (χ1n) is 7.80. The lowest BCUT2D eigenvalue weighted by molar-refractivity contribution is 0.0636.